The lowest BCUT2D eigenvalue weighted by Gasteiger charge is -2.11. The first-order chi connectivity index (χ1) is 13.5. The van der Waals surface area contributed by atoms with Crippen molar-refractivity contribution in [2.24, 2.45) is 0 Å². The molecular weight excluding hydrogens is 381 g/mol. The summed E-state index contributed by atoms with van der Waals surface area (Å²) >= 11 is 1.21. The van der Waals surface area contributed by atoms with E-state index in [1.165, 1.54) is 31.0 Å². The summed E-state index contributed by atoms with van der Waals surface area (Å²) in [7, 11) is 1.31. The van der Waals surface area contributed by atoms with Crippen LogP contribution in [-0.4, -0.2) is 41.3 Å². The molecule has 2 aromatic rings. The third-order valence-electron chi connectivity index (χ3n) is 4.40. The molecule has 0 spiro atoms. The van der Waals surface area contributed by atoms with Crippen molar-refractivity contribution in [2.45, 2.75) is 37.1 Å². The van der Waals surface area contributed by atoms with Gasteiger partial charge in [0.15, 0.2) is 0 Å². The quantitative estimate of drug-likeness (QED) is 0.415. The highest BCUT2D eigenvalue weighted by atomic mass is 32.2. The van der Waals surface area contributed by atoms with E-state index in [0.717, 1.165) is 24.2 Å². The minimum absolute atomic E-state index is 0.133. The summed E-state index contributed by atoms with van der Waals surface area (Å²) in [4.78, 5) is 33.2. The minimum Gasteiger partial charge on any atom is -0.465 e. The van der Waals surface area contributed by atoms with Gasteiger partial charge in [-0.3, -0.25) is 4.79 Å². The van der Waals surface area contributed by atoms with Gasteiger partial charge in [-0.05, 0) is 43.9 Å². The van der Waals surface area contributed by atoms with Crippen LogP contribution in [0.1, 0.15) is 46.2 Å². The van der Waals surface area contributed by atoms with Crippen molar-refractivity contribution in [1.82, 2.24) is 15.3 Å². The Kier molecular flexibility index (Phi) is 6.61. The molecule has 0 unspecified atom stereocenters. The Morgan fingerprint density at radius 1 is 1.25 bits per heavy atom. The number of carbonyl (C=O) groups excluding carboxylic acids is 2. The van der Waals surface area contributed by atoms with Gasteiger partial charge in [0.25, 0.3) is 0 Å². The van der Waals surface area contributed by atoms with Crippen LogP contribution in [0.25, 0.3) is 0 Å². The molecule has 0 aliphatic heterocycles. The van der Waals surface area contributed by atoms with Gasteiger partial charge < -0.3 is 10.1 Å². The van der Waals surface area contributed by atoms with Crippen molar-refractivity contribution in [3.63, 3.8) is 0 Å². The standard InChI is InChI=1S/C20H22FN3O3S/c1-12-17(20(26)27-2)19(24-18(23-12)14-5-6-14)28-11-16(25)22-10-9-13-3-7-15(21)8-4-13/h3-4,7-8,14H,5-6,9-11H2,1-2H3,(H,22,25). The number of halogens is 1. The predicted molar refractivity (Wildman–Crippen MR) is 104 cm³/mol. The van der Waals surface area contributed by atoms with Gasteiger partial charge in [-0.25, -0.2) is 19.2 Å². The second-order valence-electron chi connectivity index (χ2n) is 6.63. The fraction of sp³-hybridized carbons (Fsp3) is 0.400. The number of nitrogens with zero attached hydrogens (tertiary/aromatic N) is 2. The van der Waals surface area contributed by atoms with E-state index in [-0.39, 0.29) is 17.5 Å². The molecule has 1 aliphatic carbocycles. The van der Waals surface area contributed by atoms with Crippen LogP contribution < -0.4 is 5.32 Å². The average Bonchev–Trinajstić information content (AvgIpc) is 3.52. The van der Waals surface area contributed by atoms with Crippen LogP contribution >= 0.6 is 11.8 Å². The van der Waals surface area contributed by atoms with Crippen molar-refractivity contribution in [3.8, 4) is 0 Å². The summed E-state index contributed by atoms with van der Waals surface area (Å²) in [6, 6.07) is 6.19. The molecule has 0 bridgehead atoms. The van der Waals surface area contributed by atoms with Gasteiger partial charge in [0, 0.05) is 12.5 Å². The molecule has 1 saturated carbocycles. The number of hydrogen-bond donors (Lipinski definition) is 1. The molecule has 8 heteroatoms. The first-order valence-corrected chi connectivity index (χ1v) is 10.1. The number of nitrogens with one attached hydrogen (secondary N) is 1. The van der Waals surface area contributed by atoms with Crippen molar-refractivity contribution >= 4 is 23.6 Å². The molecule has 0 radical (unpaired) electrons. The number of aromatic nitrogens is 2. The summed E-state index contributed by atoms with van der Waals surface area (Å²) in [6.45, 7) is 2.21. The van der Waals surface area contributed by atoms with Crippen LogP contribution in [0.15, 0.2) is 29.3 Å². The van der Waals surface area contributed by atoms with Gasteiger partial charge in [0.2, 0.25) is 5.91 Å². The van der Waals surface area contributed by atoms with Crippen molar-refractivity contribution in [2.75, 3.05) is 19.4 Å². The van der Waals surface area contributed by atoms with Gasteiger partial charge in [0.05, 0.1) is 18.6 Å². The Morgan fingerprint density at radius 3 is 2.61 bits per heavy atom. The molecule has 28 heavy (non-hydrogen) atoms. The number of amides is 1. The molecule has 1 aliphatic rings. The van der Waals surface area contributed by atoms with Crippen molar-refractivity contribution in [1.29, 1.82) is 0 Å². The van der Waals surface area contributed by atoms with Gasteiger partial charge in [-0.1, -0.05) is 23.9 Å². The summed E-state index contributed by atoms with van der Waals surface area (Å²) in [6.07, 6.45) is 2.71. The van der Waals surface area contributed by atoms with Crippen molar-refractivity contribution < 1.29 is 18.7 Å². The second kappa shape index (κ2) is 9.14. The van der Waals surface area contributed by atoms with E-state index in [4.69, 9.17) is 4.74 Å². The minimum atomic E-state index is -0.501. The van der Waals surface area contributed by atoms with Crippen LogP contribution in [0.3, 0.4) is 0 Å². The maximum absolute atomic E-state index is 12.9. The lowest BCUT2D eigenvalue weighted by molar-refractivity contribution is -0.118. The smallest absolute Gasteiger partial charge is 0.342 e. The highest BCUT2D eigenvalue weighted by Gasteiger charge is 2.29. The van der Waals surface area contributed by atoms with Gasteiger partial charge >= 0.3 is 5.97 Å². The summed E-state index contributed by atoms with van der Waals surface area (Å²) in [5.41, 5.74) is 1.84. The third kappa shape index (κ3) is 5.28. The maximum Gasteiger partial charge on any atom is 0.342 e. The molecule has 0 saturated heterocycles. The zero-order chi connectivity index (χ0) is 20.1. The first kappa shape index (κ1) is 20.3. The molecule has 6 nitrogen and oxygen atoms in total. The zero-order valence-electron chi connectivity index (χ0n) is 15.8. The molecule has 1 fully saturated rings. The molecule has 0 atom stereocenters. The van der Waals surface area contributed by atoms with Crippen LogP contribution in [-0.2, 0) is 16.0 Å². The molecule has 1 amide bonds. The number of esters is 1. The summed E-state index contributed by atoms with van der Waals surface area (Å²) in [5.74, 6) is 0.259. The van der Waals surface area contributed by atoms with E-state index in [9.17, 15) is 14.0 Å². The number of benzene rings is 1. The Labute approximate surface area is 167 Å². The fourth-order valence-electron chi connectivity index (χ4n) is 2.72. The van der Waals surface area contributed by atoms with E-state index in [1.807, 2.05) is 0 Å². The molecule has 148 valence electrons. The summed E-state index contributed by atoms with van der Waals surface area (Å²) in [5, 5.41) is 3.31. The van der Waals surface area contributed by atoms with E-state index < -0.39 is 5.97 Å². The van der Waals surface area contributed by atoms with E-state index in [1.54, 1.807) is 19.1 Å². The lowest BCUT2D eigenvalue weighted by atomic mass is 10.1. The second-order valence-corrected chi connectivity index (χ2v) is 7.59. The first-order valence-electron chi connectivity index (χ1n) is 9.08. The number of thioether (sulfide) groups is 1. The molecule has 1 aromatic heterocycles. The zero-order valence-corrected chi connectivity index (χ0v) is 16.6. The highest BCUT2D eigenvalue weighted by Crippen LogP contribution is 2.39. The SMILES string of the molecule is COC(=O)c1c(C)nc(C2CC2)nc1SCC(=O)NCCc1ccc(F)cc1. The van der Waals surface area contributed by atoms with Crippen molar-refractivity contribution in [3.05, 3.63) is 52.7 Å². The van der Waals surface area contributed by atoms with Gasteiger partial charge in [-0.15, -0.1) is 0 Å². The number of rotatable bonds is 8. The Hall–Kier alpha value is -2.48. The third-order valence-corrected chi connectivity index (χ3v) is 5.37. The monoisotopic (exact) mass is 403 g/mol. The lowest BCUT2D eigenvalue weighted by Crippen LogP contribution is -2.27. The van der Waals surface area contributed by atoms with E-state index in [2.05, 4.69) is 15.3 Å². The van der Waals surface area contributed by atoms with Crippen LogP contribution in [0.4, 0.5) is 4.39 Å². The molecule has 1 aromatic carbocycles. The number of hydrogen-bond acceptors (Lipinski definition) is 6. The fourth-order valence-corrected chi connectivity index (χ4v) is 3.62. The van der Waals surface area contributed by atoms with Crippen LogP contribution in [0.5, 0.6) is 0 Å². The number of methoxy groups -OCH3 is 1. The highest BCUT2D eigenvalue weighted by molar-refractivity contribution is 8.00. The average molecular weight is 403 g/mol. The normalized spacial score (nSPS) is 13.2. The Bertz CT molecular complexity index is 870. The summed E-state index contributed by atoms with van der Waals surface area (Å²) < 4.78 is 17.8. The van der Waals surface area contributed by atoms with E-state index in [0.29, 0.717) is 35.2 Å². The van der Waals surface area contributed by atoms with Crippen LogP contribution in [0, 0.1) is 12.7 Å². The molecule has 3 rings (SSSR count). The molecule has 1 N–H and O–H groups in total. The number of ether oxygens (including phenoxy) is 1. The van der Waals surface area contributed by atoms with E-state index >= 15 is 0 Å². The topological polar surface area (TPSA) is 81.2 Å². The number of aryl methyl sites for hydroxylation is 1. The largest absolute Gasteiger partial charge is 0.465 e. The maximum atomic E-state index is 12.9. The van der Waals surface area contributed by atoms with Gasteiger partial charge in [-0.2, -0.15) is 0 Å². The van der Waals surface area contributed by atoms with Crippen LogP contribution in [0.2, 0.25) is 0 Å². The Balaban J connectivity index is 1.58. The molecule has 1 heterocycles. The molecular formula is C20H22FN3O3S. The predicted octanol–water partition coefficient (Wildman–Crippen LogP) is 3.04. The number of carbonyl (C=O) groups is 2. The van der Waals surface area contributed by atoms with Gasteiger partial charge in [0.1, 0.15) is 22.2 Å². The Morgan fingerprint density at radius 2 is 1.96 bits per heavy atom.